The Labute approximate surface area is 244 Å². The molecule has 8 heteroatoms. The highest BCUT2D eigenvalue weighted by Gasteiger charge is 2.15. The van der Waals surface area contributed by atoms with E-state index in [-0.39, 0.29) is 17.4 Å². The lowest BCUT2D eigenvalue weighted by molar-refractivity contribution is -0.114. The molecule has 0 aliphatic rings. The average molecular weight is 566 g/mol. The number of aryl methyl sites for hydroxylation is 1. The Morgan fingerprint density at radius 2 is 1.54 bits per heavy atom. The van der Waals surface area contributed by atoms with E-state index in [1.54, 1.807) is 54.6 Å². The van der Waals surface area contributed by atoms with E-state index >= 15 is 0 Å². The monoisotopic (exact) mass is 565 g/mol. The van der Waals surface area contributed by atoms with Gasteiger partial charge in [-0.3, -0.25) is 14.4 Å². The number of benzene rings is 4. The van der Waals surface area contributed by atoms with Crippen molar-refractivity contribution in [3.63, 3.8) is 0 Å². The van der Waals surface area contributed by atoms with Crippen molar-refractivity contribution >= 4 is 46.9 Å². The fraction of sp³-hybridized carbons (Fsp3) is 0.121. The molecule has 3 amide bonds. The summed E-state index contributed by atoms with van der Waals surface area (Å²) in [5.41, 5.74) is 3.64. The largest absolute Gasteiger partial charge is 0.494 e. The Morgan fingerprint density at radius 3 is 2.22 bits per heavy atom. The summed E-state index contributed by atoms with van der Waals surface area (Å²) in [6, 6.07) is 30.8. The molecule has 0 heterocycles. The summed E-state index contributed by atoms with van der Waals surface area (Å²) in [5.74, 6) is 0.000606. The SMILES string of the molecule is CCOc1ccc(/C=C(\NC(=O)c2ccccc2)C(=O)Nc2ccc(SCC(=O)Nc3cccc(C)c3)cc2)cc1. The number of carbonyl (C=O) groups is 3. The third-order valence-electron chi connectivity index (χ3n) is 5.81. The molecule has 0 fully saturated rings. The molecule has 4 aromatic rings. The summed E-state index contributed by atoms with van der Waals surface area (Å²) < 4.78 is 5.49. The molecule has 0 aliphatic carbocycles. The quantitative estimate of drug-likeness (QED) is 0.142. The molecule has 0 saturated heterocycles. The van der Waals surface area contributed by atoms with Crippen molar-refractivity contribution in [3.8, 4) is 5.75 Å². The van der Waals surface area contributed by atoms with Crippen molar-refractivity contribution in [1.82, 2.24) is 5.32 Å². The van der Waals surface area contributed by atoms with Crippen LogP contribution >= 0.6 is 11.8 Å². The van der Waals surface area contributed by atoms with Crippen molar-refractivity contribution in [1.29, 1.82) is 0 Å². The average Bonchev–Trinajstić information content (AvgIpc) is 2.98. The van der Waals surface area contributed by atoms with Crippen molar-refractivity contribution in [2.75, 3.05) is 23.0 Å². The minimum absolute atomic E-state index is 0.0919. The van der Waals surface area contributed by atoms with Gasteiger partial charge in [-0.05, 0) is 91.7 Å². The van der Waals surface area contributed by atoms with E-state index in [0.717, 1.165) is 27.5 Å². The van der Waals surface area contributed by atoms with Gasteiger partial charge in [0.1, 0.15) is 11.4 Å². The van der Waals surface area contributed by atoms with Crippen LogP contribution in [0.4, 0.5) is 11.4 Å². The van der Waals surface area contributed by atoms with E-state index < -0.39 is 11.8 Å². The van der Waals surface area contributed by atoms with Crippen molar-refractivity contribution in [3.05, 3.63) is 126 Å². The summed E-state index contributed by atoms with van der Waals surface area (Å²) in [5, 5.41) is 8.48. The van der Waals surface area contributed by atoms with Crippen LogP contribution in [0.25, 0.3) is 6.08 Å². The lowest BCUT2D eigenvalue weighted by Crippen LogP contribution is -2.30. The van der Waals surface area contributed by atoms with Gasteiger partial charge in [0, 0.05) is 21.8 Å². The van der Waals surface area contributed by atoms with Crippen LogP contribution in [0, 0.1) is 6.92 Å². The third-order valence-corrected chi connectivity index (χ3v) is 6.83. The molecule has 0 atom stereocenters. The number of nitrogens with one attached hydrogen (secondary N) is 3. The van der Waals surface area contributed by atoms with Gasteiger partial charge in [-0.25, -0.2) is 0 Å². The van der Waals surface area contributed by atoms with E-state index in [2.05, 4.69) is 16.0 Å². The van der Waals surface area contributed by atoms with Gasteiger partial charge < -0.3 is 20.7 Å². The van der Waals surface area contributed by atoms with E-state index in [0.29, 0.717) is 17.9 Å². The molecule has 0 spiro atoms. The smallest absolute Gasteiger partial charge is 0.272 e. The van der Waals surface area contributed by atoms with Crippen LogP contribution in [0.2, 0.25) is 0 Å². The molecular weight excluding hydrogens is 534 g/mol. The standard InChI is InChI=1S/C33H31N3O4S/c1-3-40-28-16-12-24(13-17-28)21-30(36-32(38)25-9-5-4-6-10-25)33(39)35-26-14-18-29(19-15-26)41-22-31(37)34-27-11-7-8-23(2)20-27/h4-21H,3,22H2,1-2H3,(H,34,37)(H,35,39)(H,36,38)/b30-21-. The van der Waals surface area contributed by atoms with E-state index in [1.165, 1.54) is 11.8 Å². The van der Waals surface area contributed by atoms with E-state index in [1.807, 2.05) is 68.4 Å². The molecule has 0 radical (unpaired) electrons. The van der Waals surface area contributed by atoms with Crippen LogP contribution in [-0.2, 0) is 9.59 Å². The first-order chi connectivity index (χ1) is 19.9. The predicted octanol–water partition coefficient (Wildman–Crippen LogP) is 6.53. The lowest BCUT2D eigenvalue weighted by Gasteiger charge is -2.12. The number of rotatable bonds is 11. The molecule has 3 N–H and O–H groups in total. The second kappa shape index (κ2) is 14.5. The van der Waals surface area contributed by atoms with Gasteiger partial charge in [-0.1, -0.05) is 42.5 Å². The minimum Gasteiger partial charge on any atom is -0.494 e. The van der Waals surface area contributed by atoms with Crippen LogP contribution in [0.15, 0.2) is 114 Å². The third kappa shape index (κ3) is 9.12. The Balaban J connectivity index is 1.41. The number of anilines is 2. The van der Waals surface area contributed by atoms with Crippen molar-refractivity contribution in [2.45, 2.75) is 18.7 Å². The van der Waals surface area contributed by atoms with Crippen molar-refractivity contribution in [2.24, 2.45) is 0 Å². The first kappa shape index (κ1) is 29.2. The zero-order valence-corrected chi connectivity index (χ0v) is 23.7. The van der Waals surface area contributed by atoms with Gasteiger partial charge in [0.05, 0.1) is 12.4 Å². The Kier molecular flexibility index (Phi) is 10.3. The van der Waals surface area contributed by atoms with E-state index in [9.17, 15) is 14.4 Å². The highest BCUT2D eigenvalue weighted by atomic mass is 32.2. The van der Waals surface area contributed by atoms with Gasteiger partial charge in [-0.15, -0.1) is 11.8 Å². The molecule has 7 nitrogen and oxygen atoms in total. The summed E-state index contributed by atoms with van der Waals surface area (Å²) in [4.78, 5) is 39.4. The highest BCUT2D eigenvalue weighted by Crippen LogP contribution is 2.22. The molecule has 4 aromatic carbocycles. The highest BCUT2D eigenvalue weighted by molar-refractivity contribution is 8.00. The summed E-state index contributed by atoms with van der Waals surface area (Å²) in [6.45, 7) is 4.43. The van der Waals surface area contributed by atoms with Crippen molar-refractivity contribution < 1.29 is 19.1 Å². The molecular formula is C33H31N3O4S. The lowest BCUT2D eigenvalue weighted by atomic mass is 10.1. The number of hydrogen-bond donors (Lipinski definition) is 3. The van der Waals surface area contributed by atoms with Gasteiger partial charge in [0.25, 0.3) is 11.8 Å². The van der Waals surface area contributed by atoms with Crippen LogP contribution in [0.5, 0.6) is 5.75 Å². The Bertz CT molecular complexity index is 1520. The number of ether oxygens (including phenoxy) is 1. The van der Waals surface area contributed by atoms with E-state index in [4.69, 9.17) is 4.74 Å². The maximum atomic E-state index is 13.3. The van der Waals surface area contributed by atoms with Crippen LogP contribution in [0.3, 0.4) is 0 Å². The molecule has 208 valence electrons. The zero-order valence-electron chi connectivity index (χ0n) is 22.8. The topological polar surface area (TPSA) is 96.5 Å². The molecule has 41 heavy (non-hydrogen) atoms. The van der Waals surface area contributed by atoms with Crippen LogP contribution in [0.1, 0.15) is 28.4 Å². The normalized spacial score (nSPS) is 10.9. The van der Waals surface area contributed by atoms with Crippen LogP contribution < -0.4 is 20.7 Å². The second-order valence-electron chi connectivity index (χ2n) is 9.07. The Morgan fingerprint density at radius 1 is 0.805 bits per heavy atom. The fourth-order valence-electron chi connectivity index (χ4n) is 3.84. The zero-order chi connectivity index (χ0) is 29.0. The Hall–Kier alpha value is -4.82. The molecule has 0 saturated carbocycles. The number of carbonyl (C=O) groups excluding carboxylic acids is 3. The number of hydrogen-bond acceptors (Lipinski definition) is 5. The van der Waals surface area contributed by atoms with Gasteiger partial charge in [0.2, 0.25) is 5.91 Å². The minimum atomic E-state index is -0.471. The first-order valence-corrected chi connectivity index (χ1v) is 14.1. The molecule has 0 aliphatic heterocycles. The number of thioether (sulfide) groups is 1. The van der Waals surface area contributed by atoms with Gasteiger partial charge >= 0.3 is 0 Å². The maximum absolute atomic E-state index is 13.3. The maximum Gasteiger partial charge on any atom is 0.272 e. The molecule has 0 aromatic heterocycles. The first-order valence-electron chi connectivity index (χ1n) is 13.1. The molecule has 4 rings (SSSR count). The second-order valence-corrected chi connectivity index (χ2v) is 10.1. The predicted molar refractivity (Wildman–Crippen MR) is 165 cm³/mol. The molecule has 0 unspecified atom stereocenters. The summed E-state index contributed by atoms with van der Waals surface area (Å²) >= 11 is 1.39. The summed E-state index contributed by atoms with van der Waals surface area (Å²) in [7, 11) is 0. The van der Waals surface area contributed by atoms with Crippen LogP contribution in [-0.4, -0.2) is 30.1 Å². The van der Waals surface area contributed by atoms with Gasteiger partial charge in [-0.2, -0.15) is 0 Å². The summed E-state index contributed by atoms with van der Waals surface area (Å²) in [6.07, 6.45) is 1.61. The van der Waals surface area contributed by atoms with Gasteiger partial charge in [0.15, 0.2) is 0 Å². The number of amides is 3. The molecule has 0 bridgehead atoms. The fourth-order valence-corrected chi connectivity index (χ4v) is 4.54.